The molecule has 2 aromatic heterocycles. The van der Waals surface area contributed by atoms with E-state index in [1.54, 1.807) is 6.07 Å². The normalized spacial score (nSPS) is 11.6. The SMILES string of the molecule is CC(C)(C)OC(=O)NCCn1ccc2cc(Cl)nnc21. The van der Waals surface area contributed by atoms with E-state index in [0.29, 0.717) is 18.2 Å². The van der Waals surface area contributed by atoms with Gasteiger partial charge in [-0.05, 0) is 32.9 Å². The molecule has 2 aromatic rings. The number of halogens is 1. The van der Waals surface area contributed by atoms with E-state index in [9.17, 15) is 4.79 Å². The average Bonchev–Trinajstić information content (AvgIpc) is 2.69. The van der Waals surface area contributed by atoms with Crippen molar-refractivity contribution in [3.05, 3.63) is 23.5 Å². The monoisotopic (exact) mass is 296 g/mol. The molecule has 0 aromatic carbocycles. The third-order valence-corrected chi connectivity index (χ3v) is 2.68. The molecule has 108 valence electrons. The maximum absolute atomic E-state index is 11.5. The van der Waals surface area contributed by atoms with E-state index in [1.807, 2.05) is 37.6 Å². The van der Waals surface area contributed by atoms with Crippen molar-refractivity contribution in [2.24, 2.45) is 0 Å². The number of nitrogens with one attached hydrogen (secondary N) is 1. The predicted molar refractivity (Wildman–Crippen MR) is 76.8 cm³/mol. The summed E-state index contributed by atoms with van der Waals surface area (Å²) in [5.41, 5.74) is 0.243. The fourth-order valence-electron chi connectivity index (χ4n) is 1.73. The van der Waals surface area contributed by atoms with Crippen LogP contribution in [0.1, 0.15) is 20.8 Å². The number of fused-ring (bicyclic) bond motifs is 1. The summed E-state index contributed by atoms with van der Waals surface area (Å²) in [4.78, 5) is 11.5. The molecule has 1 N–H and O–H groups in total. The van der Waals surface area contributed by atoms with E-state index in [-0.39, 0.29) is 0 Å². The van der Waals surface area contributed by atoms with Crippen LogP contribution in [0.4, 0.5) is 4.79 Å². The lowest BCUT2D eigenvalue weighted by Crippen LogP contribution is -2.34. The molecule has 7 heteroatoms. The van der Waals surface area contributed by atoms with Gasteiger partial charge in [-0.1, -0.05) is 11.6 Å². The van der Waals surface area contributed by atoms with Crippen LogP contribution in [-0.2, 0) is 11.3 Å². The average molecular weight is 297 g/mol. The van der Waals surface area contributed by atoms with Crippen LogP contribution in [0, 0.1) is 0 Å². The second-order valence-electron chi connectivity index (χ2n) is 5.38. The van der Waals surface area contributed by atoms with Gasteiger partial charge in [0.25, 0.3) is 0 Å². The first kappa shape index (κ1) is 14.6. The lowest BCUT2D eigenvalue weighted by atomic mass is 10.2. The van der Waals surface area contributed by atoms with Crippen LogP contribution in [0.5, 0.6) is 0 Å². The molecule has 0 saturated heterocycles. The van der Waals surface area contributed by atoms with Crippen molar-refractivity contribution in [1.29, 1.82) is 0 Å². The van der Waals surface area contributed by atoms with Crippen LogP contribution in [-0.4, -0.2) is 33.0 Å². The Labute approximate surface area is 122 Å². The lowest BCUT2D eigenvalue weighted by Gasteiger charge is -2.19. The molecule has 1 amide bonds. The first-order valence-electron chi connectivity index (χ1n) is 6.30. The van der Waals surface area contributed by atoms with Gasteiger partial charge in [-0.3, -0.25) is 0 Å². The zero-order valence-electron chi connectivity index (χ0n) is 11.7. The van der Waals surface area contributed by atoms with Crippen molar-refractivity contribution >= 4 is 28.7 Å². The summed E-state index contributed by atoms with van der Waals surface area (Å²) in [7, 11) is 0. The van der Waals surface area contributed by atoms with E-state index < -0.39 is 11.7 Å². The molecule has 2 heterocycles. The Bertz CT molecular complexity index is 618. The molecular formula is C13H17ClN4O2. The molecule has 0 aliphatic heterocycles. The van der Waals surface area contributed by atoms with E-state index in [4.69, 9.17) is 16.3 Å². The zero-order chi connectivity index (χ0) is 14.8. The first-order chi connectivity index (χ1) is 9.35. The second-order valence-corrected chi connectivity index (χ2v) is 5.77. The van der Waals surface area contributed by atoms with Gasteiger partial charge in [0.05, 0.1) is 0 Å². The zero-order valence-corrected chi connectivity index (χ0v) is 12.4. The van der Waals surface area contributed by atoms with Gasteiger partial charge in [0.1, 0.15) is 5.60 Å². The number of aromatic nitrogens is 3. The highest BCUT2D eigenvalue weighted by molar-refractivity contribution is 6.29. The van der Waals surface area contributed by atoms with Crippen LogP contribution in [0.3, 0.4) is 0 Å². The van der Waals surface area contributed by atoms with Crippen molar-refractivity contribution in [3.63, 3.8) is 0 Å². The van der Waals surface area contributed by atoms with E-state index in [1.165, 1.54) is 0 Å². The summed E-state index contributed by atoms with van der Waals surface area (Å²) in [6.07, 6.45) is 1.45. The van der Waals surface area contributed by atoms with Gasteiger partial charge >= 0.3 is 6.09 Å². The fourth-order valence-corrected chi connectivity index (χ4v) is 1.89. The topological polar surface area (TPSA) is 69.0 Å². The second kappa shape index (κ2) is 5.66. The molecule has 0 saturated carbocycles. The summed E-state index contributed by atoms with van der Waals surface area (Å²) in [6.45, 7) is 6.50. The van der Waals surface area contributed by atoms with Gasteiger partial charge in [0, 0.05) is 24.7 Å². The van der Waals surface area contributed by atoms with Gasteiger partial charge in [0.15, 0.2) is 10.8 Å². The van der Waals surface area contributed by atoms with Crippen molar-refractivity contribution in [1.82, 2.24) is 20.1 Å². The molecule has 0 atom stereocenters. The van der Waals surface area contributed by atoms with Crippen molar-refractivity contribution in [3.8, 4) is 0 Å². The number of hydrogen-bond donors (Lipinski definition) is 1. The number of nitrogens with zero attached hydrogens (tertiary/aromatic N) is 3. The van der Waals surface area contributed by atoms with E-state index in [2.05, 4.69) is 15.5 Å². The summed E-state index contributed by atoms with van der Waals surface area (Å²) in [5.74, 6) is 0. The third kappa shape index (κ3) is 3.84. The molecule has 20 heavy (non-hydrogen) atoms. The molecule has 0 fully saturated rings. The Morgan fingerprint density at radius 1 is 1.45 bits per heavy atom. The van der Waals surface area contributed by atoms with Crippen LogP contribution >= 0.6 is 11.6 Å². The maximum Gasteiger partial charge on any atom is 0.407 e. The van der Waals surface area contributed by atoms with Crippen LogP contribution < -0.4 is 5.32 Å². The van der Waals surface area contributed by atoms with Crippen molar-refractivity contribution in [2.75, 3.05) is 6.54 Å². The lowest BCUT2D eigenvalue weighted by molar-refractivity contribution is 0.0526. The minimum Gasteiger partial charge on any atom is -0.444 e. The molecule has 0 aliphatic rings. The van der Waals surface area contributed by atoms with E-state index >= 15 is 0 Å². The van der Waals surface area contributed by atoms with Gasteiger partial charge in [-0.25, -0.2) is 4.79 Å². The molecular weight excluding hydrogens is 280 g/mol. The Kier molecular flexibility index (Phi) is 4.13. The third-order valence-electron chi connectivity index (χ3n) is 2.50. The molecule has 0 bridgehead atoms. The summed E-state index contributed by atoms with van der Waals surface area (Å²) < 4.78 is 7.05. The predicted octanol–water partition coefficient (Wildman–Crippen LogP) is 2.61. The number of ether oxygens (including phenoxy) is 1. The van der Waals surface area contributed by atoms with Crippen molar-refractivity contribution < 1.29 is 9.53 Å². The Morgan fingerprint density at radius 3 is 2.90 bits per heavy atom. The van der Waals surface area contributed by atoms with Gasteiger partial charge in [-0.2, -0.15) is 0 Å². The highest BCUT2D eigenvalue weighted by Gasteiger charge is 2.15. The molecule has 2 rings (SSSR count). The minimum absolute atomic E-state index is 0.363. The number of rotatable bonds is 3. The number of carbonyl (C=O) groups is 1. The van der Waals surface area contributed by atoms with E-state index in [0.717, 1.165) is 11.0 Å². The minimum atomic E-state index is -0.494. The number of amides is 1. The van der Waals surface area contributed by atoms with Crippen LogP contribution in [0.25, 0.3) is 11.0 Å². The fraction of sp³-hybridized carbons (Fsp3) is 0.462. The number of alkyl carbamates (subject to hydrolysis) is 1. The highest BCUT2D eigenvalue weighted by atomic mass is 35.5. The Balaban J connectivity index is 1.92. The van der Waals surface area contributed by atoms with Crippen molar-refractivity contribution in [2.45, 2.75) is 32.9 Å². The summed E-state index contributed by atoms with van der Waals surface area (Å²) in [6, 6.07) is 3.66. The quantitative estimate of drug-likeness (QED) is 0.945. The summed E-state index contributed by atoms with van der Waals surface area (Å²) >= 11 is 5.78. The highest BCUT2D eigenvalue weighted by Crippen LogP contribution is 2.15. The molecule has 6 nitrogen and oxygen atoms in total. The molecule has 0 spiro atoms. The van der Waals surface area contributed by atoms with Gasteiger partial charge in [-0.15, -0.1) is 10.2 Å². The molecule has 0 aliphatic carbocycles. The maximum atomic E-state index is 11.5. The van der Waals surface area contributed by atoms with Crippen LogP contribution in [0.15, 0.2) is 18.3 Å². The van der Waals surface area contributed by atoms with Gasteiger partial charge in [0.2, 0.25) is 0 Å². The van der Waals surface area contributed by atoms with Gasteiger partial charge < -0.3 is 14.6 Å². The molecule has 0 unspecified atom stereocenters. The largest absolute Gasteiger partial charge is 0.444 e. The Hall–Kier alpha value is -1.82. The molecule has 0 radical (unpaired) electrons. The first-order valence-corrected chi connectivity index (χ1v) is 6.68. The number of hydrogen-bond acceptors (Lipinski definition) is 4. The smallest absolute Gasteiger partial charge is 0.407 e. The standard InChI is InChI=1S/C13H17ClN4O2/c1-13(2,3)20-12(19)15-5-7-18-6-4-9-8-10(14)16-17-11(9)18/h4,6,8H,5,7H2,1-3H3,(H,15,19). The Morgan fingerprint density at radius 2 is 2.20 bits per heavy atom. The van der Waals surface area contributed by atoms with Crippen LogP contribution in [0.2, 0.25) is 5.15 Å². The number of carbonyl (C=O) groups excluding carboxylic acids is 1. The summed E-state index contributed by atoms with van der Waals surface area (Å²) in [5, 5.41) is 11.8.